The largest absolute Gasteiger partial charge is 0.495 e. The van der Waals surface area contributed by atoms with Gasteiger partial charge in [0, 0.05) is 46.2 Å². The number of ether oxygens (including phenoxy) is 1. The number of nitriles is 1. The van der Waals surface area contributed by atoms with Crippen LogP contribution in [-0.2, 0) is 16.8 Å². The van der Waals surface area contributed by atoms with Gasteiger partial charge < -0.3 is 25.4 Å². The molecule has 1 spiro atoms. The second-order valence-corrected chi connectivity index (χ2v) is 14.9. The summed E-state index contributed by atoms with van der Waals surface area (Å²) in [5.41, 5.74) is 4.21. The second kappa shape index (κ2) is 13.4. The molecule has 0 aliphatic carbocycles. The Bertz CT molecular complexity index is 1950. The lowest BCUT2D eigenvalue weighted by atomic mass is 9.63. The molecule has 10 heteroatoms. The number of carbonyl (C=O) groups is 2. The van der Waals surface area contributed by atoms with Crippen molar-refractivity contribution in [3.05, 3.63) is 123 Å². The maximum absolute atomic E-state index is 14.6. The number of anilines is 2. The highest BCUT2D eigenvalue weighted by Crippen LogP contribution is 2.58. The van der Waals surface area contributed by atoms with E-state index in [1.54, 1.807) is 6.07 Å². The fourth-order valence-corrected chi connectivity index (χ4v) is 8.06. The van der Waals surface area contributed by atoms with E-state index in [0.29, 0.717) is 34.4 Å². The molecule has 2 aliphatic heterocycles. The third kappa shape index (κ3) is 6.59. The average Bonchev–Trinajstić information content (AvgIpc) is 3.54. The first-order valence-electron chi connectivity index (χ1n) is 16.1. The number of rotatable bonds is 8. The monoisotopic (exact) mass is 696 g/mol. The van der Waals surface area contributed by atoms with Crippen LogP contribution in [0.15, 0.2) is 84.9 Å². The van der Waals surface area contributed by atoms with Gasteiger partial charge in [-0.25, -0.2) is 4.79 Å². The molecule has 0 unspecified atom stereocenters. The number of carboxylic acid groups (broad SMARTS) is 1. The smallest absolute Gasteiger partial charge is 0.335 e. The Morgan fingerprint density at radius 1 is 1.06 bits per heavy atom. The molecule has 0 bridgehead atoms. The number of nitrogens with one attached hydrogen (secondary N) is 2. The van der Waals surface area contributed by atoms with E-state index >= 15 is 0 Å². The first-order valence-corrected chi connectivity index (χ1v) is 16.9. The maximum atomic E-state index is 14.6. The zero-order valence-corrected chi connectivity index (χ0v) is 29.3. The summed E-state index contributed by atoms with van der Waals surface area (Å²) >= 11 is 13.8. The van der Waals surface area contributed by atoms with Crippen LogP contribution in [0.4, 0.5) is 11.4 Å². The van der Waals surface area contributed by atoms with Crippen LogP contribution in [0.1, 0.15) is 65.7 Å². The Labute approximate surface area is 296 Å². The predicted octanol–water partition coefficient (Wildman–Crippen LogP) is 8.03. The molecule has 6 rings (SSSR count). The van der Waals surface area contributed by atoms with Crippen LogP contribution in [0.2, 0.25) is 10.0 Å². The molecular formula is C39H38Cl2N4O4. The molecule has 4 aromatic carbocycles. The molecule has 2 heterocycles. The summed E-state index contributed by atoms with van der Waals surface area (Å²) in [6, 6.07) is 26.9. The topological polar surface area (TPSA) is 115 Å². The molecule has 0 radical (unpaired) electrons. The molecule has 1 fully saturated rings. The molecule has 1 saturated heterocycles. The molecule has 2 aliphatic rings. The zero-order chi connectivity index (χ0) is 35.1. The Kier molecular flexibility index (Phi) is 9.38. The minimum absolute atomic E-state index is 0.0498. The van der Waals surface area contributed by atoms with E-state index in [1.807, 2.05) is 60.7 Å². The van der Waals surface area contributed by atoms with Gasteiger partial charge in [-0.2, -0.15) is 5.26 Å². The van der Waals surface area contributed by atoms with Crippen molar-refractivity contribution in [3.63, 3.8) is 0 Å². The molecule has 252 valence electrons. The first kappa shape index (κ1) is 34.3. The predicted molar refractivity (Wildman–Crippen MR) is 193 cm³/mol. The van der Waals surface area contributed by atoms with E-state index in [-0.39, 0.29) is 28.7 Å². The lowest BCUT2D eigenvalue weighted by Gasteiger charge is -2.40. The molecule has 4 aromatic rings. The van der Waals surface area contributed by atoms with E-state index in [1.165, 1.54) is 19.2 Å². The molecule has 3 N–H and O–H groups in total. The summed E-state index contributed by atoms with van der Waals surface area (Å²) in [5, 5.41) is 26.9. The summed E-state index contributed by atoms with van der Waals surface area (Å²) in [6.07, 6.45) is 0.741. The van der Waals surface area contributed by atoms with E-state index < -0.39 is 23.3 Å². The van der Waals surface area contributed by atoms with Crippen molar-refractivity contribution < 1.29 is 19.4 Å². The number of hydrogen-bond acceptors (Lipinski definition) is 6. The lowest BCUT2D eigenvalue weighted by molar-refractivity contribution is -0.118. The van der Waals surface area contributed by atoms with Gasteiger partial charge in [0.1, 0.15) is 5.75 Å². The molecular weight excluding hydrogens is 659 g/mol. The number of nitrogens with zero attached hydrogens (tertiary/aromatic N) is 2. The standard InChI is InChI=1S/C39H38Cl2N4O4/c1-38(2,3)19-33-39(22-45(31-16-14-26(40)18-28(31)39)21-24-11-9-23(20-42)10-12-24)34(27-7-5-6-8-29(27)41)35(44-33)36(46)43-30-15-13-25(37(47)48)17-32(30)49-4/h5-18,33-35,44H,19,21-22H2,1-4H3,(H,43,46)(H,47,48)/t33-,34-,35+,39-/m0/s1. The van der Waals surface area contributed by atoms with Gasteiger partial charge in [0.15, 0.2) is 0 Å². The third-order valence-corrected chi connectivity index (χ3v) is 10.2. The van der Waals surface area contributed by atoms with Crippen LogP contribution in [0.3, 0.4) is 0 Å². The lowest BCUT2D eigenvalue weighted by Crippen LogP contribution is -2.48. The number of hydrogen-bond donors (Lipinski definition) is 3. The number of carboxylic acids is 1. The Morgan fingerprint density at radius 2 is 1.80 bits per heavy atom. The van der Waals surface area contributed by atoms with Crippen molar-refractivity contribution in [3.8, 4) is 11.8 Å². The average molecular weight is 698 g/mol. The fourth-order valence-electron chi connectivity index (χ4n) is 7.63. The van der Waals surface area contributed by atoms with Gasteiger partial charge in [-0.3, -0.25) is 4.79 Å². The fraction of sp³-hybridized carbons (Fsp3) is 0.308. The van der Waals surface area contributed by atoms with Gasteiger partial charge in [0.05, 0.1) is 36.0 Å². The van der Waals surface area contributed by atoms with E-state index in [9.17, 15) is 20.0 Å². The number of halogens is 2. The summed E-state index contributed by atoms with van der Waals surface area (Å²) in [7, 11) is 1.44. The minimum atomic E-state index is -1.09. The van der Waals surface area contributed by atoms with E-state index in [2.05, 4.69) is 48.4 Å². The zero-order valence-electron chi connectivity index (χ0n) is 27.8. The van der Waals surface area contributed by atoms with E-state index in [0.717, 1.165) is 28.8 Å². The summed E-state index contributed by atoms with van der Waals surface area (Å²) in [6.45, 7) is 7.74. The van der Waals surface area contributed by atoms with Gasteiger partial charge in [0.25, 0.3) is 0 Å². The summed E-state index contributed by atoms with van der Waals surface area (Å²) < 4.78 is 5.50. The third-order valence-electron chi connectivity index (χ3n) is 9.65. The highest BCUT2D eigenvalue weighted by Gasteiger charge is 2.62. The Balaban J connectivity index is 1.51. The summed E-state index contributed by atoms with van der Waals surface area (Å²) in [4.78, 5) is 28.6. The number of amides is 1. The number of carbonyl (C=O) groups excluding carboxylic acids is 1. The van der Waals surface area contributed by atoms with Gasteiger partial charge in [0.2, 0.25) is 5.91 Å². The highest BCUT2D eigenvalue weighted by molar-refractivity contribution is 6.31. The highest BCUT2D eigenvalue weighted by atomic mass is 35.5. The molecule has 0 aromatic heterocycles. The molecule has 4 atom stereocenters. The Hall–Kier alpha value is -4.55. The first-order chi connectivity index (χ1) is 23.3. The van der Waals surface area contributed by atoms with Crippen LogP contribution in [0.25, 0.3) is 0 Å². The Morgan fingerprint density at radius 3 is 2.45 bits per heavy atom. The normalized spacial score (nSPS) is 21.3. The van der Waals surface area contributed by atoms with Gasteiger partial charge in [-0.05, 0) is 83.1 Å². The van der Waals surface area contributed by atoms with Crippen molar-refractivity contribution in [2.45, 2.75) is 57.2 Å². The van der Waals surface area contributed by atoms with Crippen molar-refractivity contribution >= 4 is 46.5 Å². The van der Waals surface area contributed by atoms with Gasteiger partial charge in [-0.15, -0.1) is 0 Å². The van der Waals surface area contributed by atoms with Crippen LogP contribution in [0, 0.1) is 16.7 Å². The van der Waals surface area contributed by atoms with Crippen molar-refractivity contribution in [1.82, 2.24) is 5.32 Å². The van der Waals surface area contributed by atoms with Crippen molar-refractivity contribution in [2.24, 2.45) is 5.41 Å². The SMILES string of the molecule is COc1cc(C(=O)O)ccc1NC(=O)[C@@H]1N[C@@H](CC(C)(C)C)[C@@]2(CN(Cc3ccc(C#N)cc3)c3ccc(Cl)cc32)[C@H]1c1ccccc1Cl. The number of fused-ring (bicyclic) bond motifs is 2. The minimum Gasteiger partial charge on any atom is -0.495 e. The van der Waals surface area contributed by atoms with Crippen molar-refractivity contribution in [2.75, 3.05) is 23.9 Å². The molecule has 0 saturated carbocycles. The van der Waals surface area contributed by atoms with Gasteiger partial charge in [-0.1, -0.05) is 74.3 Å². The maximum Gasteiger partial charge on any atom is 0.335 e. The number of methoxy groups -OCH3 is 1. The van der Waals surface area contributed by atoms with E-state index in [4.69, 9.17) is 27.9 Å². The van der Waals surface area contributed by atoms with Crippen molar-refractivity contribution in [1.29, 1.82) is 5.26 Å². The van der Waals surface area contributed by atoms with Crippen LogP contribution >= 0.6 is 23.2 Å². The quantitative estimate of drug-likeness (QED) is 0.171. The molecule has 8 nitrogen and oxygen atoms in total. The number of benzene rings is 4. The molecule has 49 heavy (non-hydrogen) atoms. The van der Waals surface area contributed by atoms with Crippen LogP contribution in [0.5, 0.6) is 5.75 Å². The second-order valence-electron chi connectivity index (χ2n) is 14.0. The van der Waals surface area contributed by atoms with Crippen LogP contribution < -0.4 is 20.3 Å². The number of aromatic carboxylic acids is 1. The molecule has 1 amide bonds. The van der Waals surface area contributed by atoms with Gasteiger partial charge >= 0.3 is 5.97 Å². The summed E-state index contributed by atoms with van der Waals surface area (Å²) in [5.74, 6) is -1.58. The van der Waals surface area contributed by atoms with Crippen LogP contribution in [-0.4, -0.2) is 42.7 Å².